The van der Waals surface area contributed by atoms with Crippen molar-refractivity contribution in [3.8, 4) is 0 Å². The van der Waals surface area contributed by atoms with E-state index >= 15 is 0 Å². The fourth-order valence-corrected chi connectivity index (χ4v) is 8.60. The third kappa shape index (κ3) is 51.1. The van der Waals surface area contributed by atoms with Crippen molar-refractivity contribution in [2.45, 2.75) is 309 Å². The monoisotopic (exact) mass is 894 g/mol. The Bertz CT molecular complexity index is 1060. The number of aliphatic hydroxyl groups excluding tert-OH is 2. The summed E-state index contributed by atoms with van der Waals surface area (Å²) in [5, 5.41) is 23.1. The van der Waals surface area contributed by atoms with Gasteiger partial charge in [-0.15, -0.1) is 0 Å². The minimum Gasteiger partial charge on any atom is -0.394 e. The molecule has 4 heteroatoms. The molecule has 0 aliphatic rings. The largest absolute Gasteiger partial charge is 0.394 e. The number of rotatable bonds is 52. The SMILES string of the molecule is CCCCCCC/C=C\C/C=C\CCCCCCCCCCCC(=O)NC(CO)C(O)/C=C/CC/C=C/CC/C=C/CCCCCCCCCCCCCCCCCCCCCCC. The lowest BCUT2D eigenvalue weighted by Crippen LogP contribution is -2.45. The molecule has 0 aromatic heterocycles. The quantitative estimate of drug-likeness (QED) is 0.0421. The molecule has 4 nitrogen and oxygen atoms in total. The van der Waals surface area contributed by atoms with Gasteiger partial charge < -0.3 is 15.5 Å². The average molecular weight is 895 g/mol. The van der Waals surface area contributed by atoms with Crippen LogP contribution in [-0.2, 0) is 4.79 Å². The maximum atomic E-state index is 12.5. The van der Waals surface area contributed by atoms with Crippen molar-refractivity contribution < 1.29 is 15.0 Å². The third-order valence-electron chi connectivity index (χ3n) is 13.0. The van der Waals surface area contributed by atoms with Crippen LogP contribution < -0.4 is 5.32 Å². The number of nitrogens with one attached hydrogen (secondary N) is 1. The molecule has 0 saturated carbocycles. The number of carbonyl (C=O) groups is 1. The van der Waals surface area contributed by atoms with Crippen LogP contribution in [0.1, 0.15) is 296 Å². The van der Waals surface area contributed by atoms with Gasteiger partial charge in [0, 0.05) is 6.42 Å². The Labute approximate surface area is 400 Å². The summed E-state index contributed by atoms with van der Waals surface area (Å²) in [6, 6.07) is -0.651. The van der Waals surface area contributed by atoms with Crippen LogP contribution in [0.25, 0.3) is 0 Å². The van der Waals surface area contributed by atoms with E-state index in [1.165, 1.54) is 231 Å². The second-order valence-corrected chi connectivity index (χ2v) is 19.3. The summed E-state index contributed by atoms with van der Waals surface area (Å²) in [6.45, 7) is 4.30. The van der Waals surface area contributed by atoms with Crippen LogP contribution in [0, 0.1) is 0 Å². The Balaban J connectivity index is 3.56. The fraction of sp³-hybridized carbons (Fsp3) is 0.817. The lowest BCUT2D eigenvalue weighted by Gasteiger charge is -2.19. The Hall–Kier alpha value is -1.91. The molecule has 0 rings (SSSR count). The Kier molecular flexibility index (Phi) is 53.8. The van der Waals surface area contributed by atoms with Crippen molar-refractivity contribution >= 4 is 5.91 Å². The number of hydrogen-bond donors (Lipinski definition) is 3. The maximum absolute atomic E-state index is 12.5. The molecule has 0 aliphatic heterocycles. The van der Waals surface area contributed by atoms with Crippen LogP contribution in [0.4, 0.5) is 0 Å². The summed E-state index contributed by atoms with van der Waals surface area (Å²) in [4.78, 5) is 12.5. The minimum absolute atomic E-state index is 0.0812. The summed E-state index contributed by atoms with van der Waals surface area (Å²) in [6.07, 6.45) is 78.2. The molecule has 2 unspecified atom stereocenters. The van der Waals surface area contributed by atoms with E-state index in [0.717, 1.165) is 44.9 Å². The van der Waals surface area contributed by atoms with Gasteiger partial charge in [0.25, 0.3) is 0 Å². The zero-order valence-corrected chi connectivity index (χ0v) is 43.1. The molecule has 0 aliphatic carbocycles. The molecule has 0 aromatic carbocycles. The smallest absolute Gasteiger partial charge is 0.220 e. The summed E-state index contributed by atoms with van der Waals surface area (Å²) in [5.41, 5.74) is 0. The van der Waals surface area contributed by atoms with Gasteiger partial charge in [0.1, 0.15) is 0 Å². The van der Waals surface area contributed by atoms with Crippen LogP contribution in [0.5, 0.6) is 0 Å². The maximum Gasteiger partial charge on any atom is 0.220 e. The summed E-state index contributed by atoms with van der Waals surface area (Å²) >= 11 is 0. The van der Waals surface area contributed by atoms with Gasteiger partial charge in [-0.25, -0.2) is 0 Å². The van der Waals surface area contributed by atoms with Gasteiger partial charge in [-0.3, -0.25) is 4.79 Å². The van der Waals surface area contributed by atoms with Crippen LogP contribution >= 0.6 is 0 Å². The third-order valence-corrected chi connectivity index (χ3v) is 13.0. The molecule has 1 amide bonds. The summed E-state index contributed by atoms with van der Waals surface area (Å²) < 4.78 is 0. The minimum atomic E-state index is -0.875. The molecule has 0 heterocycles. The fourth-order valence-electron chi connectivity index (χ4n) is 8.60. The predicted molar refractivity (Wildman–Crippen MR) is 285 cm³/mol. The standard InChI is InChI=1S/C60H111NO3/c1-3-5-7-9-11-13-15-17-19-21-23-25-26-27-28-29-30-31-32-33-34-36-37-39-41-43-45-47-49-51-53-55-59(63)58(57-62)61-60(64)56-54-52-50-48-46-44-42-40-38-35-24-22-20-18-16-14-12-10-8-6-4-2/h16,18,22,24,37,39,45,47,53,55,58-59,62-63H,3-15,17,19-21,23,25-36,38,40-44,46,48-52,54,56-57H2,1-2H3,(H,61,64)/b18-16-,24-22-,39-37+,47-45+,55-53+. The molecule has 374 valence electrons. The van der Waals surface area contributed by atoms with Gasteiger partial charge in [-0.2, -0.15) is 0 Å². The second kappa shape index (κ2) is 55.4. The molecule has 0 bridgehead atoms. The van der Waals surface area contributed by atoms with Gasteiger partial charge in [0.15, 0.2) is 0 Å². The summed E-state index contributed by atoms with van der Waals surface area (Å²) in [5.74, 6) is -0.0812. The van der Waals surface area contributed by atoms with E-state index in [1.807, 2.05) is 6.08 Å². The second-order valence-electron chi connectivity index (χ2n) is 19.3. The number of allylic oxidation sites excluding steroid dienone is 9. The predicted octanol–water partition coefficient (Wildman–Crippen LogP) is 18.8. The van der Waals surface area contributed by atoms with Crippen LogP contribution in [0.15, 0.2) is 60.8 Å². The lowest BCUT2D eigenvalue weighted by molar-refractivity contribution is -0.123. The summed E-state index contributed by atoms with van der Waals surface area (Å²) in [7, 11) is 0. The number of amides is 1. The normalized spacial score (nSPS) is 13.2. The van der Waals surface area contributed by atoms with Crippen molar-refractivity contribution in [3.05, 3.63) is 60.8 Å². The molecular formula is C60H111NO3. The van der Waals surface area contributed by atoms with Gasteiger partial charge >= 0.3 is 0 Å². The first-order valence-corrected chi connectivity index (χ1v) is 28.5. The zero-order valence-electron chi connectivity index (χ0n) is 43.1. The highest BCUT2D eigenvalue weighted by Gasteiger charge is 2.18. The van der Waals surface area contributed by atoms with Gasteiger partial charge in [-0.05, 0) is 77.0 Å². The van der Waals surface area contributed by atoms with Crippen molar-refractivity contribution in [1.82, 2.24) is 5.32 Å². The first-order chi connectivity index (χ1) is 31.7. The van der Waals surface area contributed by atoms with E-state index in [9.17, 15) is 15.0 Å². The zero-order chi connectivity index (χ0) is 46.3. The number of hydrogen-bond acceptors (Lipinski definition) is 3. The first kappa shape index (κ1) is 62.1. The highest BCUT2D eigenvalue weighted by atomic mass is 16.3. The molecule has 3 N–H and O–H groups in total. The molecule has 64 heavy (non-hydrogen) atoms. The van der Waals surface area contributed by atoms with Crippen molar-refractivity contribution in [1.29, 1.82) is 0 Å². The Morgan fingerprint density at radius 2 is 0.656 bits per heavy atom. The van der Waals surface area contributed by atoms with E-state index < -0.39 is 12.1 Å². The number of carbonyl (C=O) groups excluding carboxylic acids is 1. The van der Waals surface area contributed by atoms with Gasteiger partial charge in [0.2, 0.25) is 5.91 Å². The average Bonchev–Trinajstić information content (AvgIpc) is 3.30. The van der Waals surface area contributed by atoms with E-state index in [-0.39, 0.29) is 12.5 Å². The molecule has 0 aromatic rings. The molecular weight excluding hydrogens is 783 g/mol. The van der Waals surface area contributed by atoms with E-state index in [2.05, 4.69) is 67.8 Å². The van der Waals surface area contributed by atoms with E-state index in [1.54, 1.807) is 6.08 Å². The highest BCUT2D eigenvalue weighted by Crippen LogP contribution is 2.16. The number of unbranched alkanes of at least 4 members (excludes halogenated alkanes) is 37. The van der Waals surface area contributed by atoms with E-state index in [0.29, 0.717) is 6.42 Å². The van der Waals surface area contributed by atoms with Crippen molar-refractivity contribution in [2.24, 2.45) is 0 Å². The molecule has 0 saturated heterocycles. The first-order valence-electron chi connectivity index (χ1n) is 28.5. The Morgan fingerprint density at radius 1 is 0.375 bits per heavy atom. The molecule has 2 atom stereocenters. The van der Waals surface area contributed by atoms with Crippen LogP contribution in [-0.4, -0.2) is 34.9 Å². The molecule has 0 spiro atoms. The molecule has 0 fully saturated rings. The number of aliphatic hydroxyl groups is 2. The lowest BCUT2D eigenvalue weighted by atomic mass is 10.0. The van der Waals surface area contributed by atoms with Gasteiger partial charge in [0.05, 0.1) is 18.8 Å². The molecule has 0 radical (unpaired) electrons. The van der Waals surface area contributed by atoms with Crippen molar-refractivity contribution in [2.75, 3.05) is 6.61 Å². The topological polar surface area (TPSA) is 69.6 Å². The van der Waals surface area contributed by atoms with Crippen LogP contribution in [0.3, 0.4) is 0 Å². The van der Waals surface area contributed by atoms with Gasteiger partial charge in [-0.1, -0.05) is 274 Å². The highest BCUT2D eigenvalue weighted by molar-refractivity contribution is 5.76. The van der Waals surface area contributed by atoms with Crippen LogP contribution in [0.2, 0.25) is 0 Å². The van der Waals surface area contributed by atoms with E-state index in [4.69, 9.17) is 0 Å². The van der Waals surface area contributed by atoms with Crippen molar-refractivity contribution in [3.63, 3.8) is 0 Å². The Morgan fingerprint density at radius 3 is 1.00 bits per heavy atom.